The number of aromatic nitrogens is 1. The van der Waals surface area contributed by atoms with Crippen molar-refractivity contribution in [3.63, 3.8) is 0 Å². The van der Waals surface area contributed by atoms with E-state index >= 15 is 0 Å². The Kier molecular flexibility index (Phi) is 5.15. The number of hydrogen-bond acceptors (Lipinski definition) is 4. The molecule has 1 aromatic heterocycles. The molecule has 0 spiro atoms. The first-order valence-corrected chi connectivity index (χ1v) is 7.77. The van der Waals surface area contributed by atoms with Gasteiger partial charge in [-0.15, -0.1) is 11.3 Å². The van der Waals surface area contributed by atoms with Crippen LogP contribution in [0.2, 0.25) is 0 Å². The molecule has 3 nitrogen and oxygen atoms in total. The van der Waals surface area contributed by atoms with Gasteiger partial charge in [0.1, 0.15) is 5.75 Å². The standard InChI is InChI=1S/C16H22N2OS/c1-11-5-6-15(16(9-11)19-4)12(2)17-8-7-14-10-20-13(3)18-14/h5-6,9-10,12,17H,7-8H2,1-4H3. The van der Waals surface area contributed by atoms with Gasteiger partial charge in [-0.05, 0) is 32.4 Å². The minimum atomic E-state index is 0.269. The third-order valence-electron chi connectivity index (χ3n) is 3.35. The first-order valence-electron chi connectivity index (χ1n) is 6.89. The van der Waals surface area contributed by atoms with Crippen molar-refractivity contribution in [3.05, 3.63) is 45.4 Å². The maximum atomic E-state index is 5.46. The molecule has 2 aromatic rings. The van der Waals surface area contributed by atoms with Crippen molar-refractivity contribution in [2.24, 2.45) is 0 Å². The number of aryl methyl sites for hydroxylation is 2. The second kappa shape index (κ2) is 6.86. The van der Waals surface area contributed by atoms with E-state index in [-0.39, 0.29) is 6.04 Å². The lowest BCUT2D eigenvalue weighted by Gasteiger charge is -2.17. The van der Waals surface area contributed by atoms with E-state index < -0.39 is 0 Å². The normalized spacial score (nSPS) is 12.4. The Bertz CT molecular complexity index is 565. The highest BCUT2D eigenvalue weighted by molar-refractivity contribution is 7.09. The fraction of sp³-hybridized carbons (Fsp3) is 0.438. The summed E-state index contributed by atoms with van der Waals surface area (Å²) >= 11 is 1.71. The maximum absolute atomic E-state index is 5.46. The molecular formula is C16H22N2OS. The molecule has 20 heavy (non-hydrogen) atoms. The predicted molar refractivity (Wildman–Crippen MR) is 84.7 cm³/mol. The Hall–Kier alpha value is -1.39. The Labute approximate surface area is 125 Å². The van der Waals surface area contributed by atoms with Crippen LogP contribution in [0.15, 0.2) is 23.6 Å². The van der Waals surface area contributed by atoms with Crippen molar-refractivity contribution >= 4 is 11.3 Å². The number of benzene rings is 1. The van der Waals surface area contributed by atoms with E-state index in [0.717, 1.165) is 23.7 Å². The summed E-state index contributed by atoms with van der Waals surface area (Å²) < 4.78 is 5.46. The molecular weight excluding hydrogens is 268 g/mol. The molecule has 1 N–H and O–H groups in total. The lowest BCUT2D eigenvalue weighted by molar-refractivity contribution is 0.401. The SMILES string of the molecule is COc1cc(C)ccc1C(C)NCCc1csc(C)n1. The summed E-state index contributed by atoms with van der Waals surface area (Å²) in [6.07, 6.45) is 0.961. The molecule has 0 amide bonds. The van der Waals surface area contributed by atoms with Gasteiger partial charge in [0.25, 0.3) is 0 Å². The second-order valence-electron chi connectivity index (χ2n) is 5.03. The maximum Gasteiger partial charge on any atom is 0.123 e. The average molecular weight is 290 g/mol. The third kappa shape index (κ3) is 3.81. The van der Waals surface area contributed by atoms with Crippen molar-refractivity contribution in [2.75, 3.05) is 13.7 Å². The molecule has 1 aromatic carbocycles. The van der Waals surface area contributed by atoms with Crippen molar-refractivity contribution < 1.29 is 4.74 Å². The average Bonchev–Trinajstić information content (AvgIpc) is 2.84. The summed E-state index contributed by atoms with van der Waals surface area (Å²) in [4.78, 5) is 4.48. The summed E-state index contributed by atoms with van der Waals surface area (Å²) in [7, 11) is 1.73. The van der Waals surface area contributed by atoms with Crippen LogP contribution < -0.4 is 10.1 Å². The Morgan fingerprint density at radius 3 is 2.80 bits per heavy atom. The zero-order chi connectivity index (χ0) is 14.5. The highest BCUT2D eigenvalue weighted by atomic mass is 32.1. The molecule has 0 aliphatic rings. The zero-order valence-corrected chi connectivity index (χ0v) is 13.4. The van der Waals surface area contributed by atoms with E-state index in [1.165, 1.54) is 16.8 Å². The smallest absolute Gasteiger partial charge is 0.123 e. The molecule has 1 atom stereocenters. The number of thiazole rings is 1. The van der Waals surface area contributed by atoms with Crippen molar-refractivity contribution in [3.8, 4) is 5.75 Å². The van der Waals surface area contributed by atoms with E-state index in [1.807, 2.05) is 6.92 Å². The lowest BCUT2D eigenvalue weighted by atomic mass is 10.0. The largest absolute Gasteiger partial charge is 0.496 e. The highest BCUT2D eigenvalue weighted by Gasteiger charge is 2.11. The molecule has 2 rings (SSSR count). The van der Waals surface area contributed by atoms with Gasteiger partial charge in [-0.25, -0.2) is 4.98 Å². The van der Waals surface area contributed by atoms with Gasteiger partial charge < -0.3 is 10.1 Å². The van der Waals surface area contributed by atoms with Crippen molar-refractivity contribution in [2.45, 2.75) is 33.2 Å². The second-order valence-corrected chi connectivity index (χ2v) is 6.09. The van der Waals surface area contributed by atoms with Gasteiger partial charge in [-0.2, -0.15) is 0 Å². The van der Waals surface area contributed by atoms with Crippen LogP contribution in [0.1, 0.15) is 34.8 Å². The van der Waals surface area contributed by atoms with Crippen LogP contribution in [0.4, 0.5) is 0 Å². The van der Waals surface area contributed by atoms with E-state index in [9.17, 15) is 0 Å². The monoisotopic (exact) mass is 290 g/mol. The number of hydrogen-bond donors (Lipinski definition) is 1. The zero-order valence-electron chi connectivity index (χ0n) is 12.6. The van der Waals surface area contributed by atoms with Crippen LogP contribution in [0.5, 0.6) is 5.75 Å². The van der Waals surface area contributed by atoms with Gasteiger partial charge in [0.2, 0.25) is 0 Å². The third-order valence-corrected chi connectivity index (χ3v) is 4.18. The molecule has 0 aliphatic heterocycles. The highest BCUT2D eigenvalue weighted by Crippen LogP contribution is 2.26. The van der Waals surface area contributed by atoms with Crippen LogP contribution in [-0.4, -0.2) is 18.6 Å². The lowest BCUT2D eigenvalue weighted by Crippen LogP contribution is -2.22. The molecule has 0 fully saturated rings. The van der Waals surface area contributed by atoms with E-state index in [2.05, 4.69) is 47.7 Å². The fourth-order valence-corrected chi connectivity index (χ4v) is 2.87. The van der Waals surface area contributed by atoms with Crippen LogP contribution in [0, 0.1) is 13.8 Å². The number of nitrogens with one attached hydrogen (secondary N) is 1. The van der Waals surface area contributed by atoms with Crippen LogP contribution in [0.3, 0.4) is 0 Å². The predicted octanol–water partition coefficient (Wildman–Crippen LogP) is 3.66. The quantitative estimate of drug-likeness (QED) is 0.881. The summed E-state index contributed by atoms with van der Waals surface area (Å²) in [5.41, 5.74) is 3.59. The molecule has 0 bridgehead atoms. The molecule has 0 saturated carbocycles. The minimum absolute atomic E-state index is 0.269. The minimum Gasteiger partial charge on any atom is -0.496 e. The van der Waals surface area contributed by atoms with Gasteiger partial charge in [0.15, 0.2) is 0 Å². The van der Waals surface area contributed by atoms with Crippen LogP contribution in [0.25, 0.3) is 0 Å². The van der Waals surface area contributed by atoms with Gasteiger partial charge in [-0.1, -0.05) is 12.1 Å². The molecule has 0 radical (unpaired) electrons. The van der Waals surface area contributed by atoms with Crippen molar-refractivity contribution in [1.29, 1.82) is 0 Å². The van der Waals surface area contributed by atoms with Gasteiger partial charge in [-0.3, -0.25) is 0 Å². The van der Waals surface area contributed by atoms with Gasteiger partial charge in [0, 0.05) is 30.0 Å². The molecule has 108 valence electrons. The number of methoxy groups -OCH3 is 1. The topological polar surface area (TPSA) is 34.1 Å². The first-order chi connectivity index (χ1) is 9.60. The first kappa shape index (κ1) is 15.0. The summed E-state index contributed by atoms with van der Waals surface area (Å²) in [5, 5.41) is 6.80. The van der Waals surface area contributed by atoms with E-state index in [0.29, 0.717) is 0 Å². The number of rotatable bonds is 6. The van der Waals surface area contributed by atoms with Gasteiger partial charge in [0.05, 0.1) is 17.8 Å². The molecule has 0 saturated heterocycles. The number of ether oxygens (including phenoxy) is 1. The summed E-state index contributed by atoms with van der Waals surface area (Å²) in [6, 6.07) is 6.61. The van der Waals surface area contributed by atoms with E-state index in [1.54, 1.807) is 18.4 Å². The molecule has 1 heterocycles. The molecule has 1 unspecified atom stereocenters. The summed E-state index contributed by atoms with van der Waals surface area (Å²) in [6.45, 7) is 7.21. The Balaban J connectivity index is 1.93. The van der Waals surface area contributed by atoms with E-state index in [4.69, 9.17) is 4.74 Å². The van der Waals surface area contributed by atoms with Crippen molar-refractivity contribution in [1.82, 2.24) is 10.3 Å². The number of nitrogens with zero attached hydrogens (tertiary/aromatic N) is 1. The summed E-state index contributed by atoms with van der Waals surface area (Å²) in [5.74, 6) is 0.953. The van der Waals surface area contributed by atoms with Crippen LogP contribution >= 0.6 is 11.3 Å². The van der Waals surface area contributed by atoms with Crippen LogP contribution in [-0.2, 0) is 6.42 Å². The Morgan fingerprint density at radius 1 is 1.35 bits per heavy atom. The molecule has 4 heteroatoms. The van der Waals surface area contributed by atoms with Gasteiger partial charge >= 0.3 is 0 Å². The molecule has 0 aliphatic carbocycles. The Morgan fingerprint density at radius 2 is 2.15 bits per heavy atom. The fourth-order valence-electron chi connectivity index (χ4n) is 2.23.